The Hall–Kier alpha value is -2.38. The maximum absolute atomic E-state index is 13.2. The molecule has 0 atom stereocenters. The van der Waals surface area contributed by atoms with Crippen molar-refractivity contribution in [2.75, 3.05) is 38.5 Å². The van der Waals surface area contributed by atoms with Crippen LogP contribution in [0.1, 0.15) is 48.0 Å². The number of benzene rings is 1. The molecule has 1 saturated heterocycles. The largest absolute Gasteiger partial charge is 0.355 e. The van der Waals surface area contributed by atoms with Crippen LogP contribution < -0.4 is 5.32 Å². The van der Waals surface area contributed by atoms with Gasteiger partial charge in [-0.25, -0.2) is 0 Å². The Morgan fingerprint density at radius 2 is 1.70 bits per heavy atom. The van der Waals surface area contributed by atoms with E-state index in [2.05, 4.69) is 15.2 Å². The quantitative estimate of drug-likeness (QED) is 0.599. The highest BCUT2D eigenvalue weighted by atomic mass is 32.2. The molecule has 2 aromatic rings. The fourth-order valence-electron chi connectivity index (χ4n) is 4.64. The van der Waals surface area contributed by atoms with Crippen molar-refractivity contribution in [2.24, 2.45) is 5.92 Å². The zero-order valence-corrected chi connectivity index (χ0v) is 20.1. The van der Waals surface area contributed by atoms with E-state index in [0.717, 1.165) is 31.1 Å². The fraction of sp³-hybridized carbons (Fsp3) is 0.500. The maximum Gasteiger partial charge on any atom is 0.255 e. The number of pyridine rings is 1. The van der Waals surface area contributed by atoms with Gasteiger partial charge in [0.2, 0.25) is 5.91 Å². The van der Waals surface area contributed by atoms with E-state index in [9.17, 15) is 9.59 Å². The van der Waals surface area contributed by atoms with Crippen LogP contribution in [0.5, 0.6) is 0 Å². The third kappa shape index (κ3) is 7.05. The summed E-state index contributed by atoms with van der Waals surface area (Å²) in [5.74, 6) is 1.08. The number of hydrogen-bond donors (Lipinski definition) is 1. The second-order valence-electron chi connectivity index (χ2n) is 9.02. The topological polar surface area (TPSA) is 65.5 Å². The van der Waals surface area contributed by atoms with E-state index in [1.165, 1.54) is 49.4 Å². The lowest BCUT2D eigenvalue weighted by molar-refractivity contribution is -0.118. The molecule has 2 fully saturated rings. The Kier molecular flexibility index (Phi) is 8.78. The molecular formula is C26H34N4O2S. The number of rotatable bonds is 8. The minimum absolute atomic E-state index is 0.0533. The van der Waals surface area contributed by atoms with E-state index in [0.29, 0.717) is 30.3 Å². The summed E-state index contributed by atoms with van der Waals surface area (Å²) in [6, 6.07) is 11.7. The summed E-state index contributed by atoms with van der Waals surface area (Å²) in [7, 11) is 0. The van der Waals surface area contributed by atoms with Crippen molar-refractivity contribution < 1.29 is 9.59 Å². The van der Waals surface area contributed by atoms with Gasteiger partial charge in [-0.3, -0.25) is 19.5 Å². The van der Waals surface area contributed by atoms with Gasteiger partial charge in [0.05, 0.1) is 11.3 Å². The van der Waals surface area contributed by atoms with Crippen LogP contribution in [0.2, 0.25) is 0 Å². The molecule has 0 radical (unpaired) electrons. The van der Waals surface area contributed by atoms with E-state index in [1.807, 2.05) is 53.7 Å². The summed E-state index contributed by atoms with van der Waals surface area (Å²) in [5.41, 5.74) is 1.94. The molecule has 2 amide bonds. The molecule has 7 heteroatoms. The van der Waals surface area contributed by atoms with E-state index < -0.39 is 0 Å². The molecule has 1 aromatic heterocycles. The molecule has 0 unspecified atom stereocenters. The monoisotopic (exact) mass is 466 g/mol. The van der Waals surface area contributed by atoms with Gasteiger partial charge in [-0.2, -0.15) is 0 Å². The van der Waals surface area contributed by atoms with Crippen LogP contribution in [-0.4, -0.2) is 65.1 Å². The van der Waals surface area contributed by atoms with Crippen LogP contribution in [0.15, 0.2) is 53.7 Å². The lowest BCUT2D eigenvalue weighted by Crippen LogP contribution is -2.48. The van der Waals surface area contributed by atoms with Crippen molar-refractivity contribution in [3.8, 4) is 0 Å². The number of hydrogen-bond acceptors (Lipinski definition) is 5. The summed E-state index contributed by atoms with van der Waals surface area (Å²) in [6.07, 6.45) is 9.97. The summed E-state index contributed by atoms with van der Waals surface area (Å²) in [6.45, 7) is 4.80. The number of amides is 2. The highest BCUT2D eigenvalue weighted by Gasteiger charge is 2.24. The molecule has 2 heterocycles. The molecule has 1 saturated carbocycles. The Labute approximate surface area is 201 Å². The highest BCUT2D eigenvalue weighted by molar-refractivity contribution is 8.00. The molecule has 1 N–H and O–H groups in total. The average Bonchev–Trinajstić information content (AvgIpc) is 2.88. The van der Waals surface area contributed by atoms with Crippen LogP contribution in [0.4, 0.5) is 0 Å². The Bertz CT molecular complexity index is 910. The summed E-state index contributed by atoms with van der Waals surface area (Å²) >= 11 is 1.46. The number of nitrogens with zero attached hydrogens (tertiary/aromatic N) is 3. The Balaban J connectivity index is 1.26. The zero-order valence-electron chi connectivity index (χ0n) is 19.2. The van der Waals surface area contributed by atoms with Crippen molar-refractivity contribution in [3.05, 3.63) is 59.9 Å². The van der Waals surface area contributed by atoms with Crippen LogP contribution in [0.25, 0.3) is 0 Å². The lowest BCUT2D eigenvalue weighted by Gasteiger charge is -2.35. The number of aromatic nitrogens is 1. The molecule has 4 rings (SSSR count). The van der Waals surface area contributed by atoms with Gasteiger partial charge in [0.15, 0.2) is 0 Å². The van der Waals surface area contributed by atoms with Gasteiger partial charge in [0.25, 0.3) is 5.91 Å². The van der Waals surface area contributed by atoms with E-state index in [1.54, 1.807) is 0 Å². The predicted octanol–water partition coefficient (Wildman–Crippen LogP) is 3.83. The SMILES string of the molecule is O=C(CSc1ccccc1C(=O)N1CCN(Cc2ccncc2)CC1)NCC1CCCCC1. The molecule has 1 aromatic carbocycles. The molecule has 1 aliphatic heterocycles. The number of carbonyl (C=O) groups is 2. The van der Waals surface area contributed by atoms with Crippen molar-refractivity contribution in [1.82, 2.24) is 20.1 Å². The number of nitrogens with one attached hydrogen (secondary N) is 1. The zero-order chi connectivity index (χ0) is 22.9. The Morgan fingerprint density at radius 3 is 2.45 bits per heavy atom. The van der Waals surface area contributed by atoms with Gasteiger partial charge in [0.1, 0.15) is 0 Å². The lowest BCUT2D eigenvalue weighted by atomic mass is 9.89. The molecule has 176 valence electrons. The van der Waals surface area contributed by atoms with Gasteiger partial charge in [-0.15, -0.1) is 11.8 Å². The van der Waals surface area contributed by atoms with Crippen molar-refractivity contribution in [3.63, 3.8) is 0 Å². The van der Waals surface area contributed by atoms with Crippen molar-refractivity contribution >= 4 is 23.6 Å². The number of thioether (sulfide) groups is 1. The van der Waals surface area contributed by atoms with Crippen LogP contribution in [-0.2, 0) is 11.3 Å². The maximum atomic E-state index is 13.2. The Morgan fingerprint density at radius 1 is 0.970 bits per heavy atom. The molecule has 33 heavy (non-hydrogen) atoms. The minimum atomic E-state index is 0.0533. The van der Waals surface area contributed by atoms with Gasteiger partial charge in [-0.05, 0) is 48.6 Å². The summed E-state index contributed by atoms with van der Waals surface area (Å²) < 4.78 is 0. The minimum Gasteiger partial charge on any atom is -0.355 e. The molecule has 0 spiro atoms. The van der Waals surface area contributed by atoms with Crippen molar-refractivity contribution in [2.45, 2.75) is 43.5 Å². The smallest absolute Gasteiger partial charge is 0.255 e. The first-order chi connectivity index (χ1) is 16.2. The van der Waals surface area contributed by atoms with Crippen LogP contribution in [0, 0.1) is 5.92 Å². The molecule has 0 bridgehead atoms. The van der Waals surface area contributed by atoms with E-state index in [-0.39, 0.29) is 11.8 Å². The molecule has 6 nitrogen and oxygen atoms in total. The summed E-state index contributed by atoms with van der Waals surface area (Å²) in [4.78, 5) is 34.9. The average molecular weight is 467 g/mol. The first-order valence-corrected chi connectivity index (χ1v) is 13.1. The van der Waals surface area contributed by atoms with Gasteiger partial charge in [0, 0.05) is 56.6 Å². The number of piperazine rings is 1. The molecule has 2 aliphatic rings. The predicted molar refractivity (Wildman–Crippen MR) is 132 cm³/mol. The van der Waals surface area contributed by atoms with Gasteiger partial charge >= 0.3 is 0 Å². The van der Waals surface area contributed by atoms with E-state index in [4.69, 9.17) is 0 Å². The number of carbonyl (C=O) groups excluding carboxylic acids is 2. The molecular weight excluding hydrogens is 432 g/mol. The van der Waals surface area contributed by atoms with Crippen LogP contribution in [0.3, 0.4) is 0 Å². The third-order valence-corrected chi connectivity index (χ3v) is 7.68. The van der Waals surface area contributed by atoms with Gasteiger partial charge in [-0.1, -0.05) is 31.4 Å². The van der Waals surface area contributed by atoms with Gasteiger partial charge < -0.3 is 10.2 Å². The second-order valence-corrected chi connectivity index (χ2v) is 10.0. The van der Waals surface area contributed by atoms with E-state index >= 15 is 0 Å². The normalized spacial score (nSPS) is 17.6. The first kappa shape index (κ1) is 23.8. The van der Waals surface area contributed by atoms with Crippen molar-refractivity contribution in [1.29, 1.82) is 0 Å². The first-order valence-electron chi connectivity index (χ1n) is 12.1. The fourth-order valence-corrected chi connectivity index (χ4v) is 5.51. The third-order valence-electron chi connectivity index (χ3n) is 6.60. The van der Waals surface area contributed by atoms with Crippen LogP contribution >= 0.6 is 11.8 Å². The standard InChI is InChI=1S/C26H34N4O2S/c31-25(28-18-21-6-2-1-3-7-21)20-33-24-9-5-4-8-23(24)26(32)30-16-14-29(15-17-30)19-22-10-12-27-13-11-22/h4-5,8-13,21H,1-3,6-7,14-20H2,(H,28,31). The summed E-state index contributed by atoms with van der Waals surface area (Å²) in [5, 5.41) is 3.09. The second kappa shape index (κ2) is 12.2. The molecule has 1 aliphatic carbocycles. The highest BCUT2D eigenvalue weighted by Crippen LogP contribution is 2.25.